The first kappa shape index (κ1) is 15.5. The fraction of sp³-hybridized carbons (Fsp3) is 0.429. The smallest absolute Gasteiger partial charge is 0.305 e. The Morgan fingerprint density at radius 2 is 2.24 bits per heavy atom. The fourth-order valence-electron chi connectivity index (χ4n) is 2.28. The van der Waals surface area contributed by atoms with Gasteiger partial charge in [0.15, 0.2) is 11.5 Å². The van der Waals surface area contributed by atoms with Gasteiger partial charge in [0, 0.05) is 23.6 Å². The third-order valence-corrected chi connectivity index (χ3v) is 4.42. The van der Waals surface area contributed by atoms with Gasteiger partial charge >= 0.3 is 5.97 Å². The molecule has 1 heterocycles. The highest BCUT2D eigenvalue weighted by atomic mass is 32.2. The normalized spacial score (nSPS) is 18.3. The van der Waals surface area contributed by atoms with Gasteiger partial charge in [-0.3, -0.25) is 9.59 Å². The Balaban J connectivity index is 2.20. The van der Waals surface area contributed by atoms with E-state index < -0.39 is 5.97 Å². The lowest BCUT2D eigenvalue weighted by atomic mass is 10.1. The number of aliphatic carboxylic acids is 1. The SMILES string of the molecule is COc1ccc(C(=O)N2CCSCC2CC(=O)O)cc1O. The first-order valence-electron chi connectivity index (χ1n) is 6.50. The van der Waals surface area contributed by atoms with Crippen molar-refractivity contribution in [2.24, 2.45) is 0 Å². The number of hydrogen-bond acceptors (Lipinski definition) is 5. The molecule has 1 aliphatic heterocycles. The van der Waals surface area contributed by atoms with Crippen molar-refractivity contribution in [3.8, 4) is 11.5 Å². The number of amides is 1. The molecule has 1 atom stereocenters. The topological polar surface area (TPSA) is 87.1 Å². The fourth-order valence-corrected chi connectivity index (χ4v) is 3.34. The van der Waals surface area contributed by atoms with Crippen molar-refractivity contribution in [3.05, 3.63) is 23.8 Å². The second-order valence-corrected chi connectivity index (χ2v) is 5.86. The van der Waals surface area contributed by atoms with Crippen molar-refractivity contribution >= 4 is 23.6 Å². The number of thioether (sulfide) groups is 1. The van der Waals surface area contributed by atoms with E-state index in [1.165, 1.54) is 19.2 Å². The molecule has 0 spiro atoms. The maximum atomic E-state index is 12.5. The van der Waals surface area contributed by atoms with Gasteiger partial charge in [-0.2, -0.15) is 11.8 Å². The Morgan fingerprint density at radius 1 is 1.48 bits per heavy atom. The quantitative estimate of drug-likeness (QED) is 0.875. The lowest BCUT2D eigenvalue weighted by Gasteiger charge is -2.34. The average molecular weight is 311 g/mol. The molecular formula is C14H17NO5S. The first-order valence-corrected chi connectivity index (χ1v) is 7.66. The molecule has 114 valence electrons. The minimum Gasteiger partial charge on any atom is -0.504 e. The van der Waals surface area contributed by atoms with E-state index in [-0.39, 0.29) is 24.1 Å². The number of carboxylic acids is 1. The zero-order chi connectivity index (χ0) is 15.4. The Kier molecular flexibility index (Phi) is 4.95. The molecule has 0 radical (unpaired) electrons. The number of carboxylic acid groups (broad SMARTS) is 1. The highest BCUT2D eigenvalue weighted by molar-refractivity contribution is 7.99. The highest BCUT2D eigenvalue weighted by Gasteiger charge is 2.29. The van der Waals surface area contributed by atoms with Crippen LogP contribution in [0.15, 0.2) is 18.2 Å². The van der Waals surface area contributed by atoms with Gasteiger partial charge in [-0.25, -0.2) is 0 Å². The lowest BCUT2D eigenvalue weighted by molar-refractivity contribution is -0.138. The van der Waals surface area contributed by atoms with E-state index >= 15 is 0 Å². The van der Waals surface area contributed by atoms with Gasteiger partial charge in [-0.15, -0.1) is 0 Å². The summed E-state index contributed by atoms with van der Waals surface area (Å²) >= 11 is 1.64. The Bertz CT molecular complexity index is 548. The van der Waals surface area contributed by atoms with Crippen molar-refractivity contribution < 1.29 is 24.5 Å². The number of carbonyl (C=O) groups is 2. The summed E-state index contributed by atoms with van der Waals surface area (Å²) in [6.45, 7) is 0.508. The number of benzene rings is 1. The predicted molar refractivity (Wildman–Crippen MR) is 79.1 cm³/mol. The summed E-state index contributed by atoms with van der Waals surface area (Å²) in [4.78, 5) is 25.0. The summed E-state index contributed by atoms with van der Waals surface area (Å²) < 4.78 is 4.94. The van der Waals surface area contributed by atoms with Crippen LogP contribution in [0.5, 0.6) is 11.5 Å². The molecule has 0 saturated carbocycles. The number of rotatable bonds is 4. The van der Waals surface area contributed by atoms with Gasteiger partial charge < -0.3 is 19.8 Å². The van der Waals surface area contributed by atoms with E-state index in [1.807, 2.05) is 0 Å². The molecule has 1 amide bonds. The van der Waals surface area contributed by atoms with Gasteiger partial charge in [-0.1, -0.05) is 0 Å². The molecule has 2 rings (SSSR count). The molecule has 21 heavy (non-hydrogen) atoms. The monoisotopic (exact) mass is 311 g/mol. The summed E-state index contributed by atoms with van der Waals surface area (Å²) in [5.41, 5.74) is 0.329. The molecule has 1 unspecified atom stereocenters. The van der Waals surface area contributed by atoms with Crippen molar-refractivity contribution in [3.63, 3.8) is 0 Å². The standard InChI is InChI=1S/C14H17NO5S/c1-20-12-3-2-9(6-11(12)16)14(19)15-4-5-21-8-10(15)7-13(17)18/h2-3,6,10,16H,4-5,7-8H2,1H3,(H,17,18). The third-order valence-electron chi connectivity index (χ3n) is 3.32. The molecule has 0 aliphatic carbocycles. The van der Waals surface area contributed by atoms with Gasteiger partial charge in [0.1, 0.15) is 0 Å². The summed E-state index contributed by atoms with van der Waals surface area (Å²) in [6.07, 6.45) is -0.0686. The van der Waals surface area contributed by atoms with Gasteiger partial charge in [-0.05, 0) is 18.2 Å². The van der Waals surface area contributed by atoms with Crippen molar-refractivity contribution in [2.75, 3.05) is 25.2 Å². The van der Waals surface area contributed by atoms with Crippen LogP contribution in [0.2, 0.25) is 0 Å². The number of ether oxygens (including phenoxy) is 1. The number of phenolic OH excluding ortho intramolecular Hbond substituents is 1. The molecule has 1 saturated heterocycles. The minimum absolute atomic E-state index is 0.0686. The first-order chi connectivity index (χ1) is 10.0. The predicted octanol–water partition coefficient (Wildman–Crippen LogP) is 1.43. The zero-order valence-electron chi connectivity index (χ0n) is 11.6. The lowest BCUT2D eigenvalue weighted by Crippen LogP contribution is -2.47. The molecule has 2 N–H and O–H groups in total. The summed E-state index contributed by atoms with van der Waals surface area (Å²) in [6, 6.07) is 4.12. The molecule has 1 aliphatic rings. The van der Waals surface area contributed by atoms with E-state index in [9.17, 15) is 14.7 Å². The largest absolute Gasteiger partial charge is 0.504 e. The maximum absolute atomic E-state index is 12.5. The van der Waals surface area contributed by atoms with E-state index in [0.717, 1.165) is 5.75 Å². The second-order valence-electron chi connectivity index (χ2n) is 4.71. The van der Waals surface area contributed by atoms with Crippen LogP contribution in [0.4, 0.5) is 0 Å². The van der Waals surface area contributed by atoms with Crippen LogP contribution in [0.25, 0.3) is 0 Å². The minimum atomic E-state index is -0.919. The Labute approximate surface area is 126 Å². The number of phenols is 1. The van der Waals surface area contributed by atoms with Crippen LogP contribution in [0.3, 0.4) is 0 Å². The zero-order valence-corrected chi connectivity index (χ0v) is 12.4. The average Bonchev–Trinajstić information content (AvgIpc) is 2.46. The molecule has 1 aromatic rings. The summed E-state index contributed by atoms with van der Waals surface area (Å²) in [5.74, 6) is 0.397. The number of aromatic hydroxyl groups is 1. The van der Waals surface area contributed by atoms with E-state index in [2.05, 4.69) is 0 Å². The summed E-state index contributed by atoms with van der Waals surface area (Å²) in [5, 5.41) is 18.7. The second kappa shape index (κ2) is 6.71. The van der Waals surface area contributed by atoms with Crippen molar-refractivity contribution in [1.29, 1.82) is 0 Å². The number of carbonyl (C=O) groups excluding carboxylic acids is 1. The van der Waals surface area contributed by atoms with Gasteiger partial charge in [0.25, 0.3) is 5.91 Å². The van der Waals surface area contributed by atoms with Crippen LogP contribution in [0.1, 0.15) is 16.8 Å². The van der Waals surface area contributed by atoms with E-state index in [0.29, 0.717) is 23.6 Å². The van der Waals surface area contributed by atoms with Gasteiger partial charge in [0.2, 0.25) is 0 Å². The van der Waals surface area contributed by atoms with Crippen molar-refractivity contribution in [2.45, 2.75) is 12.5 Å². The van der Waals surface area contributed by atoms with Crippen LogP contribution < -0.4 is 4.74 Å². The van der Waals surface area contributed by atoms with Crippen LogP contribution in [-0.2, 0) is 4.79 Å². The third kappa shape index (κ3) is 3.60. The Hall–Kier alpha value is -1.89. The number of hydrogen-bond donors (Lipinski definition) is 2. The Morgan fingerprint density at radius 3 is 2.86 bits per heavy atom. The molecule has 1 aromatic carbocycles. The molecule has 7 heteroatoms. The maximum Gasteiger partial charge on any atom is 0.305 e. The van der Waals surface area contributed by atoms with Crippen LogP contribution in [0, 0.1) is 0 Å². The van der Waals surface area contributed by atoms with Crippen LogP contribution in [-0.4, -0.2) is 58.2 Å². The number of nitrogens with zero attached hydrogens (tertiary/aromatic N) is 1. The van der Waals surface area contributed by atoms with Crippen molar-refractivity contribution in [1.82, 2.24) is 4.90 Å². The molecule has 0 aromatic heterocycles. The number of methoxy groups -OCH3 is 1. The molecule has 6 nitrogen and oxygen atoms in total. The highest BCUT2D eigenvalue weighted by Crippen LogP contribution is 2.28. The molecule has 0 bridgehead atoms. The van der Waals surface area contributed by atoms with Gasteiger partial charge in [0.05, 0.1) is 19.6 Å². The molecule has 1 fully saturated rings. The molecular weight excluding hydrogens is 294 g/mol. The van der Waals surface area contributed by atoms with E-state index in [1.54, 1.807) is 22.7 Å². The van der Waals surface area contributed by atoms with E-state index in [4.69, 9.17) is 9.84 Å². The van der Waals surface area contributed by atoms with Crippen LogP contribution >= 0.6 is 11.8 Å². The summed E-state index contributed by atoms with van der Waals surface area (Å²) in [7, 11) is 1.43.